The van der Waals surface area contributed by atoms with Crippen molar-refractivity contribution in [3.63, 3.8) is 0 Å². The van der Waals surface area contributed by atoms with Gasteiger partial charge in [-0.25, -0.2) is 4.39 Å². The van der Waals surface area contributed by atoms with E-state index in [-0.39, 0.29) is 11.9 Å². The summed E-state index contributed by atoms with van der Waals surface area (Å²) in [7, 11) is 0. The molecule has 0 saturated carbocycles. The number of hydrogen-bond acceptors (Lipinski definition) is 1. The molecule has 0 aliphatic rings. The van der Waals surface area contributed by atoms with E-state index in [0.29, 0.717) is 22.2 Å². The van der Waals surface area contributed by atoms with Gasteiger partial charge in [-0.2, -0.15) is 0 Å². The second-order valence-electron chi connectivity index (χ2n) is 4.86. The van der Waals surface area contributed by atoms with Gasteiger partial charge in [-0.1, -0.05) is 41.4 Å². The lowest BCUT2D eigenvalue weighted by atomic mass is 10.1. The molecule has 106 valence electrons. The minimum atomic E-state index is -0.175. The summed E-state index contributed by atoms with van der Waals surface area (Å²) < 4.78 is 13.5. The Morgan fingerprint density at radius 1 is 1.10 bits per heavy atom. The summed E-state index contributed by atoms with van der Waals surface area (Å²) in [6, 6.07) is 10.9. The first-order valence-electron chi connectivity index (χ1n) is 6.40. The van der Waals surface area contributed by atoms with Crippen molar-refractivity contribution in [2.75, 3.05) is 0 Å². The van der Waals surface area contributed by atoms with Crippen molar-refractivity contribution < 1.29 is 4.39 Å². The Labute approximate surface area is 128 Å². The maximum atomic E-state index is 13.5. The van der Waals surface area contributed by atoms with Crippen molar-refractivity contribution in [3.05, 3.63) is 69.0 Å². The Morgan fingerprint density at radius 3 is 2.50 bits per heavy atom. The van der Waals surface area contributed by atoms with Gasteiger partial charge in [0, 0.05) is 12.6 Å². The Balaban J connectivity index is 2.02. The normalized spacial score (nSPS) is 12.4. The fourth-order valence-corrected chi connectivity index (χ4v) is 2.22. The van der Waals surface area contributed by atoms with E-state index in [1.54, 1.807) is 25.1 Å². The van der Waals surface area contributed by atoms with Crippen LogP contribution in [0.3, 0.4) is 0 Å². The molecule has 0 heterocycles. The summed E-state index contributed by atoms with van der Waals surface area (Å²) in [5, 5.41) is 4.43. The quantitative estimate of drug-likeness (QED) is 0.808. The SMILES string of the molecule is Cc1ccc(CNC(C)c2ccc(Cl)c(Cl)c2)cc1F. The van der Waals surface area contributed by atoms with Gasteiger partial charge >= 0.3 is 0 Å². The molecule has 4 heteroatoms. The molecule has 2 aromatic rings. The Kier molecular flexibility index (Phi) is 5.03. The van der Waals surface area contributed by atoms with Gasteiger partial charge in [0.25, 0.3) is 0 Å². The second kappa shape index (κ2) is 6.57. The van der Waals surface area contributed by atoms with Crippen LogP contribution in [0, 0.1) is 12.7 Å². The van der Waals surface area contributed by atoms with Crippen LogP contribution in [0.1, 0.15) is 29.7 Å². The number of rotatable bonds is 4. The highest BCUT2D eigenvalue weighted by Crippen LogP contribution is 2.25. The summed E-state index contributed by atoms with van der Waals surface area (Å²) >= 11 is 11.9. The third-order valence-corrected chi connectivity index (χ3v) is 4.03. The smallest absolute Gasteiger partial charge is 0.126 e. The average Bonchev–Trinajstić information content (AvgIpc) is 2.43. The number of hydrogen-bond donors (Lipinski definition) is 1. The highest BCUT2D eigenvalue weighted by atomic mass is 35.5. The molecule has 1 atom stereocenters. The van der Waals surface area contributed by atoms with Crippen LogP contribution in [-0.4, -0.2) is 0 Å². The lowest BCUT2D eigenvalue weighted by Crippen LogP contribution is -2.18. The minimum Gasteiger partial charge on any atom is -0.306 e. The van der Waals surface area contributed by atoms with Crippen LogP contribution in [0.2, 0.25) is 10.0 Å². The molecule has 20 heavy (non-hydrogen) atoms. The third kappa shape index (κ3) is 3.72. The lowest BCUT2D eigenvalue weighted by Gasteiger charge is -2.15. The first-order chi connectivity index (χ1) is 9.47. The molecule has 1 nitrogen and oxygen atoms in total. The van der Waals surface area contributed by atoms with E-state index in [2.05, 4.69) is 5.32 Å². The fraction of sp³-hybridized carbons (Fsp3) is 0.250. The largest absolute Gasteiger partial charge is 0.306 e. The van der Waals surface area contributed by atoms with Gasteiger partial charge in [0.2, 0.25) is 0 Å². The predicted octanol–water partition coefficient (Wildman–Crippen LogP) is 5.29. The molecule has 0 spiro atoms. The molecule has 2 aromatic carbocycles. The molecular formula is C16H16Cl2FN. The van der Waals surface area contributed by atoms with Crippen LogP contribution in [0.4, 0.5) is 4.39 Å². The Morgan fingerprint density at radius 2 is 1.85 bits per heavy atom. The van der Waals surface area contributed by atoms with Crippen molar-refractivity contribution in [2.45, 2.75) is 26.4 Å². The molecule has 1 unspecified atom stereocenters. The molecule has 0 saturated heterocycles. The third-order valence-electron chi connectivity index (χ3n) is 3.29. The van der Waals surface area contributed by atoms with Gasteiger partial charge < -0.3 is 5.32 Å². The monoisotopic (exact) mass is 311 g/mol. The zero-order valence-corrected chi connectivity index (χ0v) is 12.9. The number of benzene rings is 2. The fourth-order valence-electron chi connectivity index (χ4n) is 1.92. The Bertz CT molecular complexity index is 613. The lowest BCUT2D eigenvalue weighted by molar-refractivity contribution is 0.568. The molecule has 0 amide bonds. The molecule has 0 fully saturated rings. The zero-order chi connectivity index (χ0) is 14.7. The van der Waals surface area contributed by atoms with E-state index in [9.17, 15) is 4.39 Å². The summed E-state index contributed by atoms with van der Waals surface area (Å²) in [6.45, 7) is 4.38. The first-order valence-corrected chi connectivity index (χ1v) is 7.16. The highest BCUT2D eigenvalue weighted by Gasteiger charge is 2.08. The van der Waals surface area contributed by atoms with E-state index in [0.717, 1.165) is 11.1 Å². The van der Waals surface area contributed by atoms with Gasteiger partial charge in [-0.05, 0) is 48.7 Å². The van der Waals surface area contributed by atoms with Gasteiger partial charge in [-0.3, -0.25) is 0 Å². The molecule has 1 N–H and O–H groups in total. The van der Waals surface area contributed by atoms with Crippen LogP contribution in [-0.2, 0) is 6.54 Å². The number of aryl methyl sites for hydroxylation is 1. The number of nitrogens with one attached hydrogen (secondary N) is 1. The molecule has 0 aliphatic heterocycles. The van der Waals surface area contributed by atoms with Crippen molar-refractivity contribution in [2.24, 2.45) is 0 Å². The summed E-state index contributed by atoms with van der Waals surface area (Å²) in [5.41, 5.74) is 2.62. The molecule has 0 aliphatic carbocycles. The summed E-state index contributed by atoms with van der Waals surface area (Å²) in [6.07, 6.45) is 0. The van der Waals surface area contributed by atoms with Crippen LogP contribution < -0.4 is 5.32 Å². The highest BCUT2D eigenvalue weighted by molar-refractivity contribution is 6.42. The van der Waals surface area contributed by atoms with Gasteiger partial charge in [0.15, 0.2) is 0 Å². The van der Waals surface area contributed by atoms with Crippen LogP contribution in [0.5, 0.6) is 0 Å². The van der Waals surface area contributed by atoms with Gasteiger partial charge in [0.1, 0.15) is 5.82 Å². The van der Waals surface area contributed by atoms with Crippen LogP contribution in [0.15, 0.2) is 36.4 Å². The summed E-state index contributed by atoms with van der Waals surface area (Å²) in [4.78, 5) is 0. The summed E-state index contributed by atoms with van der Waals surface area (Å²) in [5.74, 6) is -0.175. The van der Waals surface area contributed by atoms with Crippen LogP contribution >= 0.6 is 23.2 Å². The van der Waals surface area contributed by atoms with Crippen molar-refractivity contribution in [1.82, 2.24) is 5.32 Å². The second-order valence-corrected chi connectivity index (χ2v) is 5.67. The van der Waals surface area contributed by atoms with Crippen molar-refractivity contribution in [1.29, 1.82) is 0 Å². The molecule has 0 radical (unpaired) electrons. The van der Waals surface area contributed by atoms with Crippen LogP contribution in [0.25, 0.3) is 0 Å². The van der Waals surface area contributed by atoms with Gasteiger partial charge in [0.05, 0.1) is 10.0 Å². The molecular weight excluding hydrogens is 296 g/mol. The number of halogens is 3. The van der Waals surface area contributed by atoms with E-state index in [4.69, 9.17) is 23.2 Å². The van der Waals surface area contributed by atoms with E-state index < -0.39 is 0 Å². The first kappa shape index (κ1) is 15.3. The molecule has 2 rings (SSSR count). The van der Waals surface area contributed by atoms with Gasteiger partial charge in [-0.15, -0.1) is 0 Å². The molecule has 0 bridgehead atoms. The maximum Gasteiger partial charge on any atom is 0.126 e. The molecule has 0 aromatic heterocycles. The Hall–Kier alpha value is -1.09. The zero-order valence-electron chi connectivity index (χ0n) is 11.4. The maximum absolute atomic E-state index is 13.5. The topological polar surface area (TPSA) is 12.0 Å². The minimum absolute atomic E-state index is 0.106. The standard InChI is InChI=1S/C16H16Cl2FN/c1-10-3-4-12(7-16(10)19)9-20-11(2)13-5-6-14(17)15(18)8-13/h3-8,11,20H,9H2,1-2H3. The van der Waals surface area contributed by atoms with E-state index >= 15 is 0 Å². The average molecular weight is 312 g/mol. The van der Waals surface area contributed by atoms with Crippen molar-refractivity contribution in [3.8, 4) is 0 Å². The predicted molar refractivity (Wildman–Crippen MR) is 82.9 cm³/mol. The van der Waals surface area contributed by atoms with E-state index in [1.807, 2.05) is 25.1 Å². The van der Waals surface area contributed by atoms with E-state index in [1.165, 1.54) is 0 Å². The van der Waals surface area contributed by atoms with Crippen molar-refractivity contribution >= 4 is 23.2 Å².